The molecule has 6 nitrogen and oxygen atoms in total. The minimum absolute atomic E-state index is 0.733. The van der Waals surface area contributed by atoms with Gasteiger partial charge in [0.15, 0.2) is 0 Å². The Morgan fingerprint density at radius 3 is 2.95 bits per heavy atom. The number of aryl methyl sites for hydroxylation is 1. The zero-order valence-corrected chi connectivity index (χ0v) is 13.3. The van der Waals surface area contributed by atoms with Crippen LogP contribution in [0.5, 0.6) is 0 Å². The minimum atomic E-state index is 0.733. The van der Waals surface area contributed by atoms with Crippen LogP contribution in [0.3, 0.4) is 0 Å². The summed E-state index contributed by atoms with van der Waals surface area (Å²) in [7, 11) is 0. The van der Waals surface area contributed by atoms with Gasteiger partial charge in [0, 0.05) is 29.4 Å². The highest BCUT2D eigenvalue weighted by atomic mass is 32.1. The first-order chi connectivity index (χ1) is 10.8. The molecule has 0 saturated heterocycles. The zero-order chi connectivity index (χ0) is 14.9. The summed E-state index contributed by atoms with van der Waals surface area (Å²) in [6.45, 7) is 6.87. The maximum Gasteiger partial charge on any atom is 0.137 e. The molecule has 0 N–H and O–H groups in total. The maximum atomic E-state index is 4.60. The number of imidazole rings is 1. The lowest BCUT2D eigenvalue weighted by molar-refractivity contribution is 0.208. The smallest absolute Gasteiger partial charge is 0.137 e. The van der Waals surface area contributed by atoms with E-state index in [1.165, 1.54) is 15.4 Å². The molecule has 4 heterocycles. The van der Waals surface area contributed by atoms with E-state index in [0.29, 0.717) is 0 Å². The van der Waals surface area contributed by atoms with E-state index in [0.717, 1.165) is 38.5 Å². The summed E-state index contributed by atoms with van der Waals surface area (Å²) in [4.78, 5) is 13.9. The second-order valence-electron chi connectivity index (χ2n) is 5.63. The van der Waals surface area contributed by atoms with Crippen LogP contribution >= 0.6 is 11.3 Å². The molecule has 0 aromatic carbocycles. The largest absolute Gasteiger partial charge is 0.328 e. The summed E-state index contributed by atoms with van der Waals surface area (Å²) < 4.78 is 4.16. The summed E-state index contributed by atoms with van der Waals surface area (Å²) in [5, 5.41) is 4.17. The van der Waals surface area contributed by atoms with Crippen molar-refractivity contribution in [3.63, 3.8) is 0 Å². The number of fused-ring (bicyclic) bond motifs is 1. The monoisotopic (exact) mass is 314 g/mol. The third kappa shape index (κ3) is 2.69. The molecule has 22 heavy (non-hydrogen) atoms. The lowest BCUT2D eigenvalue weighted by atomic mass is 10.3. The lowest BCUT2D eigenvalue weighted by Crippen LogP contribution is -2.34. The molecule has 0 aliphatic carbocycles. The maximum absolute atomic E-state index is 4.60. The third-order valence-corrected chi connectivity index (χ3v) is 4.98. The molecular formula is C15H18N6S. The molecule has 114 valence electrons. The molecule has 4 rings (SSSR count). The van der Waals surface area contributed by atoms with Crippen molar-refractivity contribution < 1.29 is 0 Å². The van der Waals surface area contributed by atoms with Crippen molar-refractivity contribution in [1.82, 2.24) is 29.2 Å². The van der Waals surface area contributed by atoms with Gasteiger partial charge >= 0.3 is 0 Å². The fourth-order valence-electron chi connectivity index (χ4n) is 2.91. The summed E-state index contributed by atoms with van der Waals surface area (Å²) in [6.07, 6.45) is 5.28. The van der Waals surface area contributed by atoms with Crippen LogP contribution in [0.4, 0.5) is 0 Å². The van der Waals surface area contributed by atoms with Crippen LogP contribution in [0.15, 0.2) is 31.0 Å². The predicted octanol–water partition coefficient (Wildman–Crippen LogP) is 1.91. The Hall–Kier alpha value is -1.99. The molecule has 3 aromatic heterocycles. The number of aromatic nitrogens is 5. The Balaban J connectivity index is 1.46. The van der Waals surface area contributed by atoms with Gasteiger partial charge in [0.05, 0.1) is 25.0 Å². The lowest BCUT2D eigenvalue weighted by Gasteiger charge is -2.28. The van der Waals surface area contributed by atoms with Crippen molar-refractivity contribution in [2.75, 3.05) is 6.54 Å². The number of nitrogens with zero attached hydrogens (tertiary/aromatic N) is 6. The standard InChI is InChI=1S/C15H18N6S/c1-12-2-3-14(22-12)8-19-4-5-21-13(6-17-15(21)9-19)7-20-11-16-10-18-20/h2-3,6,10-11H,4-5,7-9H2,1H3. The minimum Gasteiger partial charge on any atom is -0.328 e. The van der Waals surface area contributed by atoms with Gasteiger partial charge in [0.25, 0.3) is 0 Å². The van der Waals surface area contributed by atoms with Gasteiger partial charge in [-0.15, -0.1) is 11.3 Å². The first kappa shape index (κ1) is 13.7. The molecule has 0 fully saturated rings. The molecule has 7 heteroatoms. The molecule has 3 aromatic rings. The Bertz CT molecular complexity index is 757. The fourth-order valence-corrected chi connectivity index (χ4v) is 3.84. The van der Waals surface area contributed by atoms with E-state index in [9.17, 15) is 0 Å². The van der Waals surface area contributed by atoms with Crippen LogP contribution in [-0.4, -0.2) is 35.8 Å². The van der Waals surface area contributed by atoms with Crippen LogP contribution in [0, 0.1) is 6.92 Å². The highest BCUT2D eigenvalue weighted by Gasteiger charge is 2.20. The van der Waals surface area contributed by atoms with Crippen molar-refractivity contribution in [1.29, 1.82) is 0 Å². The van der Waals surface area contributed by atoms with Crippen molar-refractivity contribution >= 4 is 11.3 Å². The van der Waals surface area contributed by atoms with Crippen molar-refractivity contribution in [3.8, 4) is 0 Å². The number of thiophene rings is 1. The Kier molecular flexibility index (Phi) is 3.51. The molecule has 0 atom stereocenters. The molecule has 1 aliphatic heterocycles. The SMILES string of the molecule is Cc1ccc(CN2CCn3c(Cn4cncn4)cnc3C2)s1. The number of rotatable bonds is 4. The average Bonchev–Trinajstić information content (AvgIpc) is 3.23. The average molecular weight is 314 g/mol. The normalized spacial score (nSPS) is 15.1. The van der Waals surface area contributed by atoms with Crippen LogP contribution in [0.2, 0.25) is 0 Å². The van der Waals surface area contributed by atoms with Gasteiger partial charge < -0.3 is 4.57 Å². The van der Waals surface area contributed by atoms with E-state index in [1.54, 1.807) is 12.7 Å². The zero-order valence-electron chi connectivity index (χ0n) is 12.5. The third-order valence-electron chi connectivity index (χ3n) is 3.99. The summed E-state index contributed by atoms with van der Waals surface area (Å²) in [5.74, 6) is 1.15. The first-order valence-corrected chi connectivity index (χ1v) is 8.23. The molecule has 0 amide bonds. The van der Waals surface area contributed by atoms with Crippen LogP contribution in [0.25, 0.3) is 0 Å². The Labute approximate surface area is 133 Å². The summed E-state index contributed by atoms with van der Waals surface area (Å²) in [6, 6.07) is 4.43. The molecule has 0 bridgehead atoms. The highest BCUT2D eigenvalue weighted by Crippen LogP contribution is 2.21. The quantitative estimate of drug-likeness (QED) is 0.738. The van der Waals surface area contributed by atoms with Gasteiger partial charge in [-0.25, -0.2) is 14.6 Å². The van der Waals surface area contributed by atoms with E-state index < -0.39 is 0 Å². The second kappa shape index (κ2) is 5.66. The van der Waals surface area contributed by atoms with Crippen LogP contribution in [0.1, 0.15) is 21.3 Å². The Morgan fingerprint density at radius 1 is 1.23 bits per heavy atom. The van der Waals surface area contributed by atoms with E-state index in [2.05, 4.69) is 43.6 Å². The van der Waals surface area contributed by atoms with Gasteiger partial charge in [-0.2, -0.15) is 5.10 Å². The molecule has 0 spiro atoms. The second-order valence-corrected chi connectivity index (χ2v) is 7.01. The van der Waals surface area contributed by atoms with Crippen molar-refractivity contribution in [2.24, 2.45) is 0 Å². The Morgan fingerprint density at radius 2 is 2.18 bits per heavy atom. The van der Waals surface area contributed by atoms with Crippen molar-refractivity contribution in [2.45, 2.75) is 33.1 Å². The van der Waals surface area contributed by atoms with E-state index >= 15 is 0 Å². The molecular weight excluding hydrogens is 296 g/mol. The fraction of sp³-hybridized carbons (Fsp3) is 0.400. The predicted molar refractivity (Wildman–Crippen MR) is 84.5 cm³/mol. The molecule has 1 aliphatic rings. The van der Waals surface area contributed by atoms with Gasteiger partial charge in [0.2, 0.25) is 0 Å². The van der Waals surface area contributed by atoms with E-state index in [-0.39, 0.29) is 0 Å². The number of hydrogen-bond donors (Lipinski definition) is 0. The van der Waals surface area contributed by atoms with Gasteiger partial charge in [-0.05, 0) is 19.1 Å². The molecule has 0 unspecified atom stereocenters. The van der Waals surface area contributed by atoms with E-state index in [4.69, 9.17) is 0 Å². The molecule has 0 radical (unpaired) electrons. The van der Waals surface area contributed by atoms with Gasteiger partial charge in [-0.1, -0.05) is 0 Å². The first-order valence-electron chi connectivity index (χ1n) is 7.41. The number of hydrogen-bond acceptors (Lipinski definition) is 5. The van der Waals surface area contributed by atoms with Gasteiger partial charge in [0.1, 0.15) is 18.5 Å². The van der Waals surface area contributed by atoms with Gasteiger partial charge in [-0.3, -0.25) is 4.90 Å². The van der Waals surface area contributed by atoms with Crippen LogP contribution < -0.4 is 0 Å². The highest BCUT2D eigenvalue weighted by molar-refractivity contribution is 7.11. The summed E-state index contributed by atoms with van der Waals surface area (Å²) in [5.41, 5.74) is 1.20. The van der Waals surface area contributed by atoms with Crippen LogP contribution in [-0.2, 0) is 26.2 Å². The van der Waals surface area contributed by atoms with E-state index in [1.807, 2.05) is 22.2 Å². The van der Waals surface area contributed by atoms with Crippen molar-refractivity contribution in [3.05, 3.63) is 52.3 Å². The topological polar surface area (TPSA) is 51.8 Å². The molecule has 0 saturated carbocycles. The summed E-state index contributed by atoms with van der Waals surface area (Å²) >= 11 is 1.88.